The van der Waals surface area contributed by atoms with E-state index in [2.05, 4.69) is 10.6 Å². The summed E-state index contributed by atoms with van der Waals surface area (Å²) in [7, 11) is -0.713. The smallest absolute Gasteiger partial charge is 0.237 e. The summed E-state index contributed by atoms with van der Waals surface area (Å²) < 4.78 is 35.7. The zero-order chi connectivity index (χ0) is 21.9. The minimum atomic E-state index is -3.70. The summed E-state index contributed by atoms with van der Waals surface area (Å²) in [5.74, 6) is -0.00305. The second-order valence-corrected chi connectivity index (χ2v) is 10.1. The highest BCUT2D eigenvalue weighted by atomic mass is 32.2. The third-order valence-electron chi connectivity index (χ3n) is 4.51. The van der Waals surface area contributed by atoms with Crippen molar-refractivity contribution in [3.63, 3.8) is 0 Å². The topological polar surface area (TPSA) is 111 Å². The molecule has 0 aromatic heterocycles. The van der Waals surface area contributed by atoms with Gasteiger partial charge in [0.05, 0.1) is 35.8 Å². The van der Waals surface area contributed by atoms with Crippen molar-refractivity contribution in [2.24, 2.45) is 0 Å². The van der Waals surface area contributed by atoms with Crippen LogP contribution >= 0.6 is 11.8 Å². The number of hydrogen-bond donors (Lipinski definition) is 2. The first-order valence-electron chi connectivity index (χ1n) is 9.09. The lowest BCUT2D eigenvalue weighted by Gasteiger charge is -2.21. The van der Waals surface area contributed by atoms with Crippen molar-refractivity contribution >= 4 is 44.8 Å². The number of rotatable bonds is 7. The number of benzene rings is 2. The molecule has 0 bridgehead atoms. The van der Waals surface area contributed by atoms with E-state index in [0.717, 1.165) is 4.90 Å². The lowest BCUT2D eigenvalue weighted by molar-refractivity contribution is -0.116. The average molecular weight is 451 g/mol. The highest BCUT2D eigenvalue weighted by molar-refractivity contribution is 8.01. The van der Waals surface area contributed by atoms with Crippen LogP contribution in [0.3, 0.4) is 0 Å². The van der Waals surface area contributed by atoms with Crippen LogP contribution in [0.2, 0.25) is 0 Å². The molecule has 0 radical (unpaired) electrons. The molecule has 0 aliphatic carbocycles. The summed E-state index contributed by atoms with van der Waals surface area (Å²) in [4.78, 5) is 25.0. The third kappa shape index (κ3) is 4.88. The van der Waals surface area contributed by atoms with E-state index in [1.165, 1.54) is 38.1 Å². The summed E-state index contributed by atoms with van der Waals surface area (Å²) in [6.45, 7) is 1.78. The number of nitrogens with one attached hydrogen (secondary N) is 2. The molecule has 2 aromatic carbocycles. The van der Waals surface area contributed by atoms with Gasteiger partial charge in [0, 0.05) is 23.1 Å². The molecular weight excluding hydrogens is 428 g/mol. The van der Waals surface area contributed by atoms with Crippen LogP contribution in [0.4, 0.5) is 11.4 Å². The summed E-state index contributed by atoms with van der Waals surface area (Å²) in [5, 5.41) is 5.13. The molecule has 2 amide bonds. The predicted octanol–water partition coefficient (Wildman–Crippen LogP) is 2.94. The quantitative estimate of drug-likeness (QED) is 0.667. The van der Waals surface area contributed by atoms with Gasteiger partial charge in [-0.3, -0.25) is 9.59 Å². The standard InChI is InChI=1S/C20H22N2O6S2/c1-12-20(24)22-15-11-14(5-7-18(15)29-12)30(25,26)9-8-19(23)21-13-4-6-16(27-2)17(10-13)28-3/h4-7,10-12H,8-9H2,1-3H3,(H,21,23)(H,22,24)/t12-/m1/s1. The van der Waals surface area contributed by atoms with Gasteiger partial charge in [-0.05, 0) is 37.3 Å². The average Bonchev–Trinajstić information content (AvgIpc) is 2.72. The molecule has 1 atom stereocenters. The van der Waals surface area contributed by atoms with Gasteiger partial charge >= 0.3 is 0 Å². The van der Waals surface area contributed by atoms with E-state index in [0.29, 0.717) is 22.9 Å². The van der Waals surface area contributed by atoms with Crippen LogP contribution in [0.25, 0.3) is 0 Å². The van der Waals surface area contributed by atoms with Gasteiger partial charge in [-0.2, -0.15) is 0 Å². The minimum Gasteiger partial charge on any atom is -0.493 e. The Kier molecular flexibility index (Phi) is 6.57. The SMILES string of the molecule is COc1ccc(NC(=O)CCS(=O)(=O)c2ccc3c(c2)NC(=O)[C@@H](C)S3)cc1OC. The van der Waals surface area contributed by atoms with E-state index < -0.39 is 15.7 Å². The maximum absolute atomic E-state index is 12.7. The highest BCUT2D eigenvalue weighted by Gasteiger charge is 2.25. The molecule has 1 heterocycles. The van der Waals surface area contributed by atoms with Gasteiger partial charge in [-0.15, -0.1) is 11.8 Å². The number of ether oxygens (including phenoxy) is 2. The van der Waals surface area contributed by atoms with Crippen molar-refractivity contribution < 1.29 is 27.5 Å². The predicted molar refractivity (Wildman–Crippen MR) is 115 cm³/mol. The molecule has 3 rings (SSSR count). The second-order valence-electron chi connectivity index (χ2n) is 6.59. The Bertz CT molecular complexity index is 1080. The number of amides is 2. The fraction of sp³-hybridized carbons (Fsp3) is 0.300. The van der Waals surface area contributed by atoms with E-state index in [4.69, 9.17) is 9.47 Å². The molecule has 0 unspecified atom stereocenters. The first-order chi connectivity index (χ1) is 14.2. The molecule has 0 spiro atoms. The maximum atomic E-state index is 12.7. The van der Waals surface area contributed by atoms with Gasteiger partial charge in [0.15, 0.2) is 21.3 Å². The molecule has 30 heavy (non-hydrogen) atoms. The Balaban J connectivity index is 1.66. The van der Waals surface area contributed by atoms with Crippen LogP contribution in [0, 0.1) is 0 Å². The molecule has 2 aromatic rings. The summed E-state index contributed by atoms with van der Waals surface area (Å²) in [6, 6.07) is 9.48. The van der Waals surface area contributed by atoms with E-state index in [1.807, 2.05) is 0 Å². The van der Waals surface area contributed by atoms with Crippen LogP contribution in [0.5, 0.6) is 11.5 Å². The monoisotopic (exact) mass is 450 g/mol. The summed E-state index contributed by atoms with van der Waals surface area (Å²) in [6.07, 6.45) is -0.216. The van der Waals surface area contributed by atoms with Gasteiger partial charge in [0.1, 0.15) is 0 Å². The van der Waals surface area contributed by atoms with Crippen molar-refractivity contribution in [3.05, 3.63) is 36.4 Å². The van der Waals surface area contributed by atoms with Gasteiger partial charge in [-0.1, -0.05) is 0 Å². The first kappa shape index (κ1) is 22.0. The molecule has 8 nitrogen and oxygen atoms in total. The van der Waals surface area contributed by atoms with E-state index in [-0.39, 0.29) is 28.2 Å². The summed E-state index contributed by atoms with van der Waals surface area (Å²) in [5.41, 5.74) is 0.941. The molecule has 160 valence electrons. The van der Waals surface area contributed by atoms with E-state index in [1.54, 1.807) is 31.2 Å². The zero-order valence-corrected chi connectivity index (χ0v) is 18.4. The number of anilines is 2. The van der Waals surface area contributed by atoms with Crippen LogP contribution in [0.1, 0.15) is 13.3 Å². The van der Waals surface area contributed by atoms with E-state index >= 15 is 0 Å². The number of sulfone groups is 1. The van der Waals surface area contributed by atoms with Crippen molar-refractivity contribution in [3.8, 4) is 11.5 Å². The van der Waals surface area contributed by atoms with Crippen molar-refractivity contribution in [1.82, 2.24) is 0 Å². The van der Waals surface area contributed by atoms with Gasteiger partial charge < -0.3 is 20.1 Å². The Morgan fingerprint density at radius 2 is 1.87 bits per heavy atom. The lowest BCUT2D eigenvalue weighted by Crippen LogP contribution is -2.26. The molecule has 10 heteroatoms. The number of thioether (sulfide) groups is 1. The number of carbonyl (C=O) groups excluding carboxylic acids is 2. The number of fused-ring (bicyclic) bond motifs is 1. The number of hydrogen-bond acceptors (Lipinski definition) is 7. The second kappa shape index (κ2) is 8.97. The first-order valence-corrected chi connectivity index (χ1v) is 11.6. The van der Waals surface area contributed by atoms with Crippen LogP contribution < -0.4 is 20.1 Å². The van der Waals surface area contributed by atoms with Crippen LogP contribution in [-0.4, -0.2) is 45.5 Å². The number of carbonyl (C=O) groups is 2. The van der Waals surface area contributed by atoms with Crippen molar-refractivity contribution in [1.29, 1.82) is 0 Å². The number of methoxy groups -OCH3 is 2. The third-order valence-corrected chi connectivity index (χ3v) is 7.40. The largest absolute Gasteiger partial charge is 0.493 e. The zero-order valence-electron chi connectivity index (χ0n) is 16.7. The molecule has 0 fully saturated rings. The molecule has 1 aliphatic rings. The Morgan fingerprint density at radius 3 is 2.57 bits per heavy atom. The Hall–Kier alpha value is -2.72. The Morgan fingerprint density at radius 1 is 1.13 bits per heavy atom. The molecule has 1 aliphatic heterocycles. The minimum absolute atomic E-state index is 0.0654. The fourth-order valence-electron chi connectivity index (χ4n) is 2.86. The molecule has 0 saturated heterocycles. The van der Waals surface area contributed by atoms with Crippen molar-refractivity contribution in [2.75, 3.05) is 30.6 Å². The molecule has 0 saturated carbocycles. The normalized spacial score (nSPS) is 15.7. The molecule has 2 N–H and O–H groups in total. The van der Waals surface area contributed by atoms with Crippen molar-refractivity contribution in [2.45, 2.75) is 28.4 Å². The lowest BCUT2D eigenvalue weighted by atomic mass is 10.2. The fourth-order valence-corrected chi connectivity index (χ4v) is 5.06. The van der Waals surface area contributed by atoms with E-state index in [9.17, 15) is 18.0 Å². The van der Waals surface area contributed by atoms with Gasteiger partial charge in [0.25, 0.3) is 0 Å². The molecular formula is C20H22N2O6S2. The van der Waals surface area contributed by atoms with Gasteiger partial charge in [0.2, 0.25) is 11.8 Å². The summed E-state index contributed by atoms with van der Waals surface area (Å²) >= 11 is 1.37. The van der Waals surface area contributed by atoms with Crippen LogP contribution in [-0.2, 0) is 19.4 Å². The maximum Gasteiger partial charge on any atom is 0.237 e. The highest BCUT2D eigenvalue weighted by Crippen LogP contribution is 2.37. The Labute approximate surface area is 179 Å². The van der Waals surface area contributed by atoms with Crippen LogP contribution in [0.15, 0.2) is 46.2 Å². The van der Waals surface area contributed by atoms with Gasteiger partial charge in [-0.25, -0.2) is 8.42 Å².